The molecule has 1 saturated carbocycles. The zero-order valence-corrected chi connectivity index (χ0v) is 10.2. The molecule has 0 saturated heterocycles. The first-order valence-corrected chi connectivity index (χ1v) is 5.69. The Balaban J connectivity index is 2.20. The minimum Gasteiger partial charge on any atom is -0.444 e. The van der Waals surface area contributed by atoms with Crippen LogP contribution in [0.4, 0.5) is 4.79 Å². The summed E-state index contributed by atoms with van der Waals surface area (Å²) in [6.07, 6.45) is 0.713. The first-order valence-electron chi connectivity index (χ1n) is 5.69. The molecule has 1 aliphatic carbocycles. The van der Waals surface area contributed by atoms with E-state index in [1.54, 1.807) is 0 Å². The number of carbonyl (C=O) groups excluding carboxylic acids is 1. The highest BCUT2D eigenvalue weighted by molar-refractivity contribution is 5.68. The van der Waals surface area contributed by atoms with Crippen LogP contribution in [0.1, 0.15) is 33.6 Å². The summed E-state index contributed by atoms with van der Waals surface area (Å²) in [6.45, 7) is 5.76. The lowest BCUT2D eigenvalue weighted by Gasteiger charge is -2.38. The number of alkyl carbamates (subject to hydrolysis) is 1. The van der Waals surface area contributed by atoms with Crippen molar-refractivity contribution in [3.05, 3.63) is 0 Å². The number of hydrogen-bond donors (Lipinski definition) is 3. The molecule has 1 rings (SSSR count). The van der Waals surface area contributed by atoms with Crippen molar-refractivity contribution >= 4 is 6.09 Å². The van der Waals surface area contributed by atoms with Crippen LogP contribution < -0.4 is 11.1 Å². The van der Waals surface area contributed by atoms with Crippen LogP contribution in [0, 0.1) is 5.92 Å². The monoisotopic (exact) mass is 230 g/mol. The molecule has 0 spiro atoms. The number of hydrogen-bond acceptors (Lipinski definition) is 4. The summed E-state index contributed by atoms with van der Waals surface area (Å²) in [4.78, 5) is 11.4. The summed E-state index contributed by atoms with van der Waals surface area (Å²) in [5, 5.41) is 12.2. The van der Waals surface area contributed by atoms with Gasteiger partial charge < -0.3 is 20.9 Å². The predicted octanol–water partition coefficient (Wildman–Crippen LogP) is 0.609. The van der Waals surface area contributed by atoms with Crippen molar-refractivity contribution in [3.63, 3.8) is 0 Å². The maximum absolute atomic E-state index is 11.4. The zero-order valence-electron chi connectivity index (χ0n) is 10.2. The van der Waals surface area contributed by atoms with Gasteiger partial charge in [0.15, 0.2) is 0 Å². The lowest BCUT2D eigenvalue weighted by Crippen LogP contribution is -2.50. The molecule has 1 atom stereocenters. The summed E-state index contributed by atoms with van der Waals surface area (Å²) >= 11 is 0. The Hall–Kier alpha value is -0.810. The molecule has 0 aromatic carbocycles. The minimum absolute atomic E-state index is 0.112. The summed E-state index contributed by atoms with van der Waals surface area (Å²) in [6, 6.07) is 0.112. The maximum atomic E-state index is 11.4. The van der Waals surface area contributed by atoms with Gasteiger partial charge in [-0.1, -0.05) is 0 Å². The van der Waals surface area contributed by atoms with Crippen LogP contribution in [0.5, 0.6) is 0 Å². The number of rotatable bonds is 3. The van der Waals surface area contributed by atoms with E-state index in [1.807, 2.05) is 20.8 Å². The van der Waals surface area contributed by atoms with Crippen LogP contribution in [0.2, 0.25) is 0 Å². The van der Waals surface area contributed by atoms with E-state index in [1.165, 1.54) is 0 Å². The SMILES string of the molecule is CC(C)(C)OC(=O)NC1CC(C(O)CN)C1. The van der Waals surface area contributed by atoms with Gasteiger partial charge in [0.05, 0.1) is 6.10 Å². The van der Waals surface area contributed by atoms with E-state index in [9.17, 15) is 9.90 Å². The van der Waals surface area contributed by atoms with E-state index in [2.05, 4.69) is 5.32 Å². The molecular formula is C11H22N2O3. The molecule has 4 N–H and O–H groups in total. The summed E-state index contributed by atoms with van der Waals surface area (Å²) in [5.41, 5.74) is 4.88. The lowest BCUT2D eigenvalue weighted by atomic mass is 9.77. The Bertz CT molecular complexity index is 244. The molecule has 1 aliphatic rings. The van der Waals surface area contributed by atoms with Crippen molar-refractivity contribution in [2.24, 2.45) is 11.7 Å². The number of nitrogens with one attached hydrogen (secondary N) is 1. The van der Waals surface area contributed by atoms with Gasteiger partial charge in [0.1, 0.15) is 5.60 Å². The molecule has 0 bridgehead atoms. The summed E-state index contributed by atoms with van der Waals surface area (Å²) in [7, 11) is 0. The standard InChI is InChI=1S/C11H22N2O3/c1-11(2,3)16-10(15)13-8-4-7(5-8)9(14)6-12/h7-9,14H,4-6,12H2,1-3H3,(H,13,15). The number of amides is 1. The van der Waals surface area contributed by atoms with Gasteiger partial charge in [-0.25, -0.2) is 4.79 Å². The van der Waals surface area contributed by atoms with Crippen LogP contribution in [0.3, 0.4) is 0 Å². The zero-order chi connectivity index (χ0) is 12.3. The molecule has 0 heterocycles. The second kappa shape index (κ2) is 5.01. The Morgan fingerprint density at radius 1 is 1.56 bits per heavy atom. The van der Waals surface area contributed by atoms with Gasteiger partial charge in [0, 0.05) is 12.6 Å². The van der Waals surface area contributed by atoms with Crippen LogP contribution in [0.15, 0.2) is 0 Å². The lowest BCUT2D eigenvalue weighted by molar-refractivity contribution is 0.0266. The highest BCUT2D eigenvalue weighted by Crippen LogP contribution is 2.30. The van der Waals surface area contributed by atoms with E-state index in [4.69, 9.17) is 10.5 Å². The third-order valence-corrected chi connectivity index (χ3v) is 2.68. The van der Waals surface area contributed by atoms with E-state index < -0.39 is 17.8 Å². The van der Waals surface area contributed by atoms with Crippen molar-refractivity contribution in [2.75, 3.05) is 6.54 Å². The van der Waals surface area contributed by atoms with E-state index in [-0.39, 0.29) is 18.5 Å². The van der Waals surface area contributed by atoms with Crippen molar-refractivity contribution in [3.8, 4) is 0 Å². The van der Waals surface area contributed by atoms with E-state index >= 15 is 0 Å². The topological polar surface area (TPSA) is 84.6 Å². The van der Waals surface area contributed by atoms with Crippen molar-refractivity contribution in [2.45, 2.75) is 51.4 Å². The molecule has 0 aromatic rings. The molecule has 0 radical (unpaired) electrons. The van der Waals surface area contributed by atoms with Crippen molar-refractivity contribution < 1.29 is 14.6 Å². The molecule has 16 heavy (non-hydrogen) atoms. The second-order valence-electron chi connectivity index (χ2n) is 5.38. The number of ether oxygens (including phenoxy) is 1. The summed E-state index contributed by atoms with van der Waals surface area (Å²) in [5.74, 6) is 0.213. The molecule has 5 nitrogen and oxygen atoms in total. The fraction of sp³-hybridized carbons (Fsp3) is 0.909. The average Bonchev–Trinajstić information content (AvgIpc) is 2.06. The molecule has 5 heteroatoms. The van der Waals surface area contributed by atoms with Gasteiger partial charge in [0.25, 0.3) is 0 Å². The third-order valence-electron chi connectivity index (χ3n) is 2.68. The molecule has 0 aliphatic heterocycles. The van der Waals surface area contributed by atoms with Crippen molar-refractivity contribution in [1.29, 1.82) is 0 Å². The summed E-state index contributed by atoms with van der Waals surface area (Å²) < 4.78 is 5.13. The van der Waals surface area contributed by atoms with Crippen LogP contribution in [-0.4, -0.2) is 35.5 Å². The quantitative estimate of drug-likeness (QED) is 0.663. The van der Waals surface area contributed by atoms with Crippen molar-refractivity contribution in [1.82, 2.24) is 5.32 Å². The van der Waals surface area contributed by atoms with E-state index in [0.29, 0.717) is 0 Å². The Kier molecular flexibility index (Phi) is 4.15. The maximum Gasteiger partial charge on any atom is 0.407 e. The highest BCUT2D eigenvalue weighted by Gasteiger charge is 2.35. The second-order valence-corrected chi connectivity index (χ2v) is 5.38. The number of carbonyl (C=O) groups is 1. The smallest absolute Gasteiger partial charge is 0.407 e. The fourth-order valence-corrected chi connectivity index (χ4v) is 1.76. The predicted molar refractivity (Wildman–Crippen MR) is 60.9 cm³/mol. The Labute approximate surface area is 96.3 Å². The average molecular weight is 230 g/mol. The Morgan fingerprint density at radius 2 is 2.12 bits per heavy atom. The van der Waals surface area contributed by atoms with Gasteiger partial charge in [-0.15, -0.1) is 0 Å². The minimum atomic E-state index is -0.468. The third kappa shape index (κ3) is 3.98. The molecule has 94 valence electrons. The first kappa shape index (κ1) is 13.3. The van der Waals surface area contributed by atoms with E-state index in [0.717, 1.165) is 12.8 Å². The number of aliphatic hydroxyl groups is 1. The first-order chi connectivity index (χ1) is 7.31. The van der Waals surface area contributed by atoms with Crippen LogP contribution in [0.25, 0.3) is 0 Å². The largest absolute Gasteiger partial charge is 0.444 e. The van der Waals surface area contributed by atoms with Crippen LogP contribution in [-0.2, 0) is 4.74 Å². The molecule has 1 amide bonds. The molecule has 1 unspecified atom stereocenters. The normalized spacial score (nSPS) is 26.8. The molecule has 1 fully saturated rings. The van der Waals surface area contributed by atoms with Gasteiger partial charge in [-0.05, 0) is 39.5 Å². The van der Waals surface area contributed by atoms with Gasteiger partial charge in [-0.2, -0.15) is 0 Å². The Morgan fingerprint density at radius 3 is 2.56 bits per heavy atom. The molecular weight excluding hydrogens is 208 g/mol. The van der Waals surface area contributed by atoms with Gasteiger partial charge in [-0.3, -0.25) is 0 Å². The highest BCUT2D eigenvalue weighted by atomic mass is 16.6. The van der Waals surface area contributed by atoms with Crippen LogP contribution >= 0.6 is 0 Å². The van der Waals surface area contributed by atoms with Gasteiger partial charge >= 0.3 is 6.09 Å². The number of nitrogens with two attached hydrogens (primary N) is 1. The fourth-order valence-electron chi connectivity index (χ4n) is 1.76. The van der Waals surface area contributed by atoms with Gasteiger partial charge in [0.2, 0.25) is 0 Å². The molecule has 0 aromatic heterocycles. The number of aliphatic hydroxyl groups excluding tert-OH is 1.